The molecule has 1 fully saturated rings. The van der Waals surface area contributed by atoms with Gasteiger partial charge in [0.05, 0.1) is 11.2 Å². The van der Waals surface area contributed by atoms with E-state index < -0.39 is 41.5 Å². The second kappa shape index (κ2) is 6.26. The Morgan fingerprint density at radius 1 is 1.11 bits per heavy atom. The van der Waals surface area contributed by atoms with Crippen molar-refractivity contribution in [1.29, 1.82) is 0 Å². The van der Waals surface area contributed by atoms with E-state index in [1.165, 1.54) is 25.2 Å². The predicted molar refractivity (Wildman–Crippen MR) is 94.7 cm³/mol. The zero-order chi connectivity index (χ0) is 21.1. The molecule has 1 aromatic carbocycles. The third-order valence-electron chi connectivity index (χ3n) is 5.56. The van der Waals surface area contributed by atoms with E-state index in [2.05, 4.69) is 15.5 Å². The number of aromatic nitrogens is 4. The van der Waals surface area contributed by atoms with Gasteiger partial charge >= 0.3 is 13.3 Å². The van der Waals surface area contributed by atoms with E-state index >= 15 is 0 Å². The Labute approximate surface area is 161 Å². The number of hydrogen-bond donors (Lipinski definition) is 1. The van der Waals surface area contributed by atoms with Gasteiger partial charge in [-0.3, -0.25) is 0 Å². The molecule has 28 heavy (non-hydrogen) atoms. The maximum absolute atomic E-state index is 14.0. The van der Waals surface area contributed by atoms with Gasteiger partial charge in [-0.1, -0.05) is 23.8 Å². The number of nitrogens with zero attached hydrogens (tertiary/aromatic N) is 4. The quantitative estimate of drug-likeness (QED) is 0.792. The van der Waals surface area contributed by atoms with Gasteiger partial charge in [0, 0.05) is 12.6 Å². The molecule has 7 nitrogen and oxygen atoms in total. The largest absolute Gasteiger partial charge is 0.495 e. The minimum atomic E-state index is -5.06. The minimum absolute atomic E-state index is 0.397. The number of alkyl halides is 3. The Bertz CT molecular complexity index is 884. The highest BCUT2D eigenvalue weighted by Gasteiger charge is 2.60. The van der Waals surface area contributed by atoms with Crippen molar-refractivity contribution in [2.75, 3.05) is 0 Å². The lowest BCUT2D eigenvalue weighted by molar-refractivity contribution is -0.252. The van der Waals surface area contributed by atoms with Crippen LogP contribution in [0.2, 0.25) is 0 Å². The maximum atomic E-state index is 14.0. The molecule has 3 rings (SSSR count). The van der Waals surface area contributed by atoms with Gasteiger partial charge in [-0.2, -0.15) is 13.2 Å². The fraction of sp³-hybridized carbons (Fsp3) is 0.588. The molecule has 152 valence electrons. The Morgan fingerprint density at radius 3 is 2.14 bits per heavy atom. The summed E-state index contributed by atoms with van der Waals surface area (Å²) in [6.45, 7) is 9.14. The van der Waals surface area contributed by atoms with Crippen LogP contribution in [-0.4, -0.2) is 49.8 Å². The van der Waals surface area contributed by atoms with Crippen molar-refractivity contribution in [2.45, 2.75) is 57.6 Å². The fourth-order valence-electron chi connectivity index (χ4n) is 3.04. The van der Waals surface area contributed by atoms with E-state index in [0.717, 1.165) is 4.68 Å². The van der Waals surface area contributed by atoms with E-state index in [4.69, 9.17) is 9.31 Å². The van der Waals surface area contributed by atoms with Crippen LogP contribution in [0.3, 0.4) is 0 Å². The summed E-state index contributed by atoms with van der Waals surface area (Å²) < 4.78 is 54.6. The molecule has 0 amide bonds. The highest BCUT2D eigenvalue weighted by molar-refractivity contribution is 6.62. The van der Waals surface area contributed by atoms with Crippen LogP contribution in [0.5, 0.6) is 0 Å². The van der Waals surface area contributed by atoms with Crippen LogP contribution < -0.4 is 5.46 Å². The summed E-state index contributed by atoms with van der Waals surface area (Å²) in [6, 6.07) is 3.92. The highest BCUT2D eigenvalue weighted by Crippen LogP contribution is 2.43. The van der Waals surface area contributed by atoms with Gasteiger partial charge in [0.1, 0.15) is 0 Å². The molecule has 0 bridgehead atoms. The first-order chi connectivity index (χ1) is 12.7. The number of hydrogen-bond acceptors (Lipinski definition) is 6. The van der Waals surface area contributed by atoms with E-state index in [9.17, 15) is 18.3 Å². The van der Waals surface area contributed by atoms with Gasteiger partial charge in [0.15, 0.2) is 5.82 Å². The van der Waals surface area contributed by atoms with Crippen LogP contribution in [0.25, 0.3) is 0 Å². The summed E-state index contributed by atoms with van der Waals surface area (Å²) in [5.41, 5.74) is -4.07. The van der Waals surface area contributed by atoms with Crippen LogP contribution in [0.15, 0.2) is 18.2 Å². The first kappa shape index (κ1) is 20.8. The van der Waals surface area contributed by atoms with Crippen LogP contribution >= 0.6 is 0 Å². The molecule has 11 heteroatoms. The third-order valence-corrected chi connectivity index (χ3v) is 5.56. The Morgan fingerprint density at radius 2 is 1.68 bits per heavy atom. The van der Waals surface area contributed by atoms with Gasteiger partial charge in [0.25, 0.3) is 0 Å². The molecule has 0 spiro atoms. The first-order valence-electron chi connectivity index (χ1n) is 8.69. The lowest BCUT2D eigenvalue weighted by Crippen LogP contribution is -2.47. The normalized spacial score (nSPS) is 21.0. The van der Waals surface area contributed by atoms with Crippen molar-refractivity contribution >= 4 is 12.6 Å². The van der Waals surface area contributed by atoms with Crippen molar-refractivity contribution in [2.24, 2.45) is 7.05 Å². The third kappa shape index (κ3) is 3.01. The van der Waals surface area contributed by atoms with Crippen LogP contribution in [0.4, 0.5) is 13.2 Å². The number of benzene rings is 1. The van der Waals surface area contributed by atoms with Crippen molar-refractivity contribution in [1.82, 2.24) is 20.2 Å². The molecular weight excluding hydrogens is 376 g/mol. The molecule has 0 saturated carbocycles. The number of aryl methyl sites for hydroxylation is 2. The molecule has 1 N–H and O–H groups in total. The topological polar surface area (TPSA) is 82.3 Å². The van der Waals surface area contributed by atoms with Gasteiger partial charge in [0.2, 0.25) is 5.60 Å². The Kier molecular flexibility index (Phi) is 4.64. The molecule has 1 atom stereocenters. The molecule has 0 radical (unpaired) electrons. The van der Waals surface area contributed by atoms with E-state index in [0.29, 0.717) is 11.0 Å². The lowest BCUT2D eigenvalue weighted by Gasteiger charge is -2.32. The van der Waals surface area contributed by atoms with Crippen molar-refractivity contribution < 1.29 is 27.6 Å². The molecule has 1 unspecified atom stereocenters. The van der Waals surface area contributed by atoms with Crippen LogP contribution in [0.1, 0.15) is 44.6 Å². The van der Waals surface area contributed by atoms with Crippen molar-refractivity contribution in [3.8, 4) is 0 Å². The SMILES string of the molecule is Cc1ccc(C(O)(c2nnnn2C)C(F)(F)F)cc1B1OC(C)(C)C(C)(C)O1. The second-order valence-corrected chi connectivity index (χ2v) is 7.99. The maximum Gasteiger partial charge on any atom is 0.495 e. The van der Waals surface area contributed by atoms with Crippen molar-refractivity contribution in [3.63, 3.8) is 0 Å². The van der Waals surface area contributed by atoms with E-state index in [1.807, 2.05) is 27.7 Å². The van der Waals surface area contributed by atoms with E-state index in [1.54, 1.807) is 6.92 Å². The number of halogens is 3. The molecule has 0 aliphatic carbocycles. The zero-order valence-corrected chi connectivity index (χ0v) is 16.5. The van der Waals surface area contributed by atoms with Gasteiger partial charge in [-0.05, 0) is 50.5 Å². The van der Waals surface area contributed by atoms with Gasteiger partial charge < -0.3 is 14.4 Å². The minimum Gasteiger partial charge on any atom is -0.399 e. The summed E-state index contributed by atoms with van der Waals surface area (Å²) in [5, 5.41) is 20.8. The molecule has 1 saturated heterocycles. The highest BCUT2D eigenvalue weighted by atomic mass is 19.4. The average Bonchev–Trinajstić information content (AvgIpc) is 3.06. The lowest BCUT2D eigenvalue weighted by atomic mass is 9.74. The first-order valence-corrected chi connectivity index (χ1v) is 8.69. The standard InChI is InChI=1S/C17H22BF3N4O3/c1-10-7-8-11(9-12(10)18-27-14(2,3)15(4,5)28-18)16(26,17(19,20)21)13-22-23-24-25(13)6/h7-9,26H,1-6H3. The monoisotopic (exact) mass is 398 g/mol. The Balaban J connectivity index is 2.14. The average molecular weight is 398 g/mol. The molecular formula is C17H22BF3N4O3. The predicted octanol–water partition coefficient (Wildman–Crippen LogP) is 1.62. The fourth-order valence-corrected chi connectivity index (χ4v) is 3.04. The number of tetrazole rings is 1. The second-order valence-electron chi connectivity index (χ2n) is 7.99. The van der Waals surface area contributed by atoms with Crippen LogP contribution in [0, 0.1) is 6.92 Å². The summed E-state index contributed by atoms with van der Waals surface area (Å²) in [4.78, 5) is 0. The molecule has 1 aromatic heterocycles. The summed E-state index contributed by atoms with van der Waals surface area (Å²) >= 11 is 0. The number of aliphatic hydroxyl groups is 1. The summed E-state index contributed by atoms with van der Waals surface area (Å²) in [5.74, 6) is -0.733. The zero-order valence-electron chi connectivity index (χ0n) is 16.5. The van der Waals surface area contributed by atoms with E-state index in [-0.39, 0.29) is 0 Å². The smallest absolute Gasteiger partial charge is 0.399 e. The van der Waals surface area contributed by atoms with Gasteiger partial charge in [-0.15, -0.1) is 5.10 Å². The molecule has 1 aliphatic rings. The van der Waals surface area contributed by atoms with Crippen LogP contribution in [-0.2, 0) is 22.0 Å². The Hall–Kier alpha value is -1.98. The summed E-state index contributed by atoms with van der Waals surface area (Å²) in [6.07, 6.45) is -5.06. The molecule has 2 aromatic rings. The van der Waals surface area contributed by atoms with Gasteiger partial charge in [-0.25, -0.2) is 4.68 Å². The molecule has 2 heterocycles. The summed E-state index contributed by atoms with van der Waals surface area (Å²) in [7, 11) is 0.357. The number of rotatable bonds is 3. The van der Waals surface area contributed by atoms with Crippen molar-refractivity contribution in [3.05, 3.63) is 35.2 Å². The molecule has 1 aliphatic heterocycles.